The van der Waals surface area contributed by atoms with E-state index in [1.807, 2.05) is 18.2 Å². The fraction of sp³-hybridized carbons (Fsp3) is 0.462. The zero-order valence-electron chi connectivity index (χ0n) is 10.1. The molecule has 98 valence electrons. The van der Waals surface area contributed by atoms with Crippen molar-refractivity contribution in [1.29, 1.82) is 0 Å². The van der Waals surface area contributed by atoms with Gasteiger partial charge in [-0.15, -0.1) is 11.6 Å². The lowest BCUT2D eigenvalue weighted by molar-refractivity contribution is -0.120. The summed E-state index contributed by atoms with van der Waals surface area (Å²) in [5.74, 6) is 0.409. The van der Waals surface area contributed by atoms with Crippen molar-refractivity contribution in [3.05, 3.63) is 29.3 Å². The molecule has 1 amide bonds. The summed E-state index contributed by atoms with van der Waals surface area (Å²) in [7, 11) is 1.62. The Kier molecular flexibility index (Phi) is 4.09. The summed E-state index contributed by atoms with van der Waals surface area (Å²) in [6.07, 6.45) is 0.826. The lowest BCUT2D eigenvalue weighted by Crippen LogP contribution is -2.39. The molecule has 5 heteroatoms. The number of halogens is 1. The van der Waals surface area contributed by atoms with Crippen molar-refractivity contribution in [1.82, 2.24) is 5.32 Å². The summed E-state index contributed by atoms with van der Waals surface area (Å²) in [6, 6.07) is 5.28. The van der Waals surface area contributed by atoms with Gasteiger partial charge in [-0.2, -0.15) is 0 Å². The maximum absolute atomic E-state index is 11.4. The fourth-order valence-electron chi connectivity index (χ4n) is 2.29. The third-order valence-corrected chi connectivity index (χ3v) is 3.46. The first-order valence-corrected chi connectivity index (χ1v) is 6.39. The number of methoxy groups -OCH3 is 1. The number of rotatable bonds is 3. The van der Waals surface area contributed by atoms with Crippen LogP contribution in [-0.2, 0) is 11.2 Å². The van der Waals surface area contributed by atoms with Crippen LogP contribution in [0, 0.1) is 0 Å². The molecule has 2 unspecified atom stereocenters. The smallest absolute Gasteiger partial charge is 0.235 e. The monoisotopic (exact) mass is 269 g/mol. The van der Waals surface area contributed by atoms with Crippen LogP contribution < -0.4 is 10.1 Å². The second-order valence-electron chi connectivity index (χ2n) is 4.35. The van der Waals surface area contributed by atoms with Gasteiger partial charge in [-0.1, -0.05) is 6.07 Å². The van der Waals surface area contributed by atoms with E-state index in [0.29, 0.717) is 6.42 Å². The maximum Gasteiger partial charge on any atom is 0.235 e. The zero-order chi connectivity index (χ0) is 13.1. The van der Waals surface area contributed by atoms with Crippen molar-refractivity contribution in [2.45, 2.75) is 25.0 Å². The first kappa shape index (κ1) is 13.2. The molecular weight excluding hydrogens is 254 g/mol. The summed E-state index contributed by atoms with van der Waals surface area (Å²) in [6.45, 7) is 0. The van der Waals surface area contributed by atoms with Crippen molar-refractivity contribution >= 4 is 17.5 Å². The van der Waals surface area contributed by atoms with Gasteiger partial charge in [0.15, 0.2) is 0 Å². The highest BCUT2D eigenvalue weighted by Gasteiger charge is 2.29. The van der Waals surface area contributed by atoms with Gasteiger partial charge in [0.1, 0.15) is 11.6 Å². The van der Waals surface area contributed by atoms with E-state index in [1.165, 1.54) is 0 Å². The van der Waals surface area contributed by atoms with Crippen molar-refractivity contribution in [2.24, 2.45) is 0 Å². The number of hydrogen-bond donors (Lipinski definition) is 2. The summed E-state index contributed by atoms with van der Waals surface area (Å²) in [5, 5.41) is 12.7. The Labute approximate surface area is 111 Å². The van der Waals surface area contributed by atoms with Crippen molar-refractivity contribution in [3.8, 4) is 5.75 Å². The Hall–Kier alpha value is -1.26. The largest absolute Gasteiger partial charge is 0.497 e. The minimum atomic E-state index is -0.571. The number of amides is 1. The Morgan fingerprint density at radius 3 is 3.06 bits per heavy atom. The normalized spacial score (nSPS) is 22.2. The summed E-state index contributed by atoms with van der Waals surface area (Å²) in [4.78, 5) is 11.4. The third kappa shape index (κ3) is 2.60. The van der Waals surface area contributed by atoms with Crippen LogP contribution in [0.5, 0.6) is 5.75 Å². The standard InChI is InChI=1S/C13H16ClNO3/c1-18-9-3-4-10-8(6-9)2-5-11(16)13(10)15-12(17)7-14/h3-4,6,11,13,16H,2,5,7H2,1H3,(H,15,17). The molecule has 4 nitrogen and oxygen atoms in total. The highest BCUT2D eigenvalue weighted by Crippen LogP contribution is 2.32. The highest BCUT2D eigenvalue weighted by atomic mass is 35.5. The van der Waals surface area contributed by atoms with E-state index < -0.39 is 6.10 Å². The van der Waals surface area contributed by atoms with E-state index in [0.717, 1.165) is 23.3 Å². The van der Waals surface area contributed by atoms with Crippen LogP contribution >= 0.6 is 11.6 Å². The van der Waals surface area contributed by atoms with Gasteiger partial charge in [0.05, 0.1) is 19.3 Å². The van der Waals surface area contributed by atoms with E-state index in [-0.39, 0.29) is 17.8 Å². The summed E-state index contributed by atoms with van der Waals surface area (Å²) < 4.78 is 5.17. The number of aryl methyl sites for hydroxylation is 1. The van der Waals surface area contributed by atoms with Gasteiger partial charge in [-0.05, 0) is 36.1 Å². The average Bonchev–Trinajstić information content (AvgIpc) is 2.41. The van der Waals surface area contributed by atoms with E-state index >= 15 is 0 Å². The predicted octanol–water partition coefficient (Wildman–Crippen LogP) is 1.40. The van der Waals surface area contributed by atoms with Crippen LogP contribution in [0.3, 0.4) is 0 Å². The maximum atomic E-state index is 11.4. The molecule has 0 radical (unpaired) electrons. The van der Waals surface area contributed by atoms with Crippen molar-refractivity contribution in [3.63, 3.8) is 0 Å². The lowest BCUT2D eigenvalue weighted by atomic mass is 9.85. The van der Waals surface area contributed by atoms with Gasteiger partial charge in [0, 0.05) is 0 Å². The van der Waals surface area contributed by atoms with Crippen LogP contribution in [0.1, 0.15) is 23.6 Å². The number of carbonyl (C=O) groups is 1. The van der Waals surface area contributed by atoms with Crippen molar-refractivity contribution < 1.29 is 14.6 Å². The summed E-state index contributed by atoms with van der Waals surface area (Å²) >= 11 is 5.48. The Morgan fingerprint density at radius 2 is 2.39 bits per heavy atom. The number of aliphatic hydroxyl groups is 1. The van der Waals surface area contributed by atoms with E-state index in [2.05, 4.69) is 5.32 Å². The van der Waals surface area contributed by atoms with Crippen molar-refractivity contribution in [2.75, 3.05) is 13.0 Å². The van der Waals surface area contributed by atoms with Crippen LogP contribution in [-0.4, -0.2) is 30.1 Å². The molecule has 0 fully saturated rings. The van der Waals surface area contributed by atoms with Gasteiger partial charge < -0.3 is 15.2 Å². The molecule has 0 heterocycles. The second kappa shape index (κ2) is 5.59. The molecule has 0 spiro atoms. The number of nitrogens with one attached hydrogen (secondary N) is 1. The predicted molar refractivity (Wildman–Crippen MR) is 68.9 cm³/mol. The third-order valence-electron chi connectivity index (χ3n) is 3.22. The fourth-order valence-corrected chi connectivity index (χ4v) is 2.37. The molecule has 0 saturated carbocycles. The number of alkyl halides is 1. The van der Waals surface area contributed by atoms with E-state index in [9.17, 15) is 9.90 Å². The number of fused-ring (bicyclic) bond motifs is 1. The van der Waals surface area contributed by atoms with Gasteiger partial charge in [-0.3, -0.25) is 4.79 Å². The van der Waals surface area contributed by atoms with Gasteiger partial charge >= 0.3 is 0 Å². The van der Waals surface area contributed by atoms with E-state index in [4.69, 9.17) is 16.3 Å². The molecule has 0 aromatic heterocycles. The van der Waals surface area contributed by atoms with Gasteiger partial charge in [-0.25, -0.2) is 0 Å². The number of ether oxygens (including phenoxy) is 1. The van der Waals surface area contributed by atoms with Crippen LogP contribution in [0.25, 0.3) is 0 Å². The number of aliphatic hydroxyl groups excluding tert-OH is 1. The summed E-state index contributed by atoms with van der Waals surface area (Å²) in [5.41, 5.74) is 2.03. The topological polar surface area (TPSA) is 58.6 Å². The first-order valence-electron chi connectivity index (χ1n) is 5.86. The SMILES string of the molecule is COc1ccc2c(c1)CCC(O)C2NC(=O)CCl. The number of hydrogen-bond acceptors (Lipinski definition) is 3. The minimum absolute atomic E-state index is 0.102. The van der Waals surface area contributed by atoms with Crippen LogP contribution in [0.2, 0.25) is 0 Å². The molecule has 0 bridgehead atoms. The van der Waals surface area contributed by atoms with Crippen LogP contribution in [0.4, 0.5) is 0 Å². The number of carbonyl (C=O) groups excluding carboxylic acids is 1. The highest BCUT2D eigenvalue weighted by molar-refractivity contribution is 6.27. The molecular formula is C13H16ClNO3. The Bertz CT molecular complexity index is 450. The molecule has 1 aromatic carbocycles. The molecule has 0 aliphatic heterocycles. The molecule has 18 heavy (non-hydrogen) atoms. The molecule has 2 N–H and O–H groups in total. The van der Waals surface area contributed by atoms with Gasteiger partial charge in [0.2, 0.25) is 5.91 Å². The Balaban J connectivity index is 2.29. The molecule has 1 aliphatic rings. The zero-order valence-corrected chi connectivity index (χ0v) is 10.9. The molecule has 1 aromatic rings. The Morgan fingerprint density at radius 1 is 1.61 bits per heavy atom. The van der Waals surface area contributed by atoms with Crippen LogP contribution in [0.15, 0.2) is 18.2 Å². The average molecular weight is 270 g/mol. The molecule has 1 aliphatic carbocycles. The van der Waals surface area contributed by atoms with Gasteiger partial charge in [0.25, 0.3) is 0 Å². The molecule has 2 rings (SSSR count). The lowest BCUT2D eigenvalue weighted by Gasteiger charge is -2.31. The molecule has 0 saturated heterocycles. The van der Waals surface area contributed by atoms with E-state index in [1.54, 1.807) is 7.11 Å². The first-order chi connectivity index (χ1) is 8.65. The minimum Gasteiger partial charge on any atom is -0.497 e. The second-order valence-corrected chi connectivity index (χ2v) is 4.62. The number of benzene rings is 1. The quantitative estimate of drug-likeness (QED) is 0.816. The molecule has 2 atom stereocenters.